The third-order valence-electron chi connectivity index (χ3n) is 4.17. The summed E-state index contributed by atoms with van der Waals surface area (Å²) in [5.74, 6) is -4.63. The Morgan fingerprint density at radius 3 is 2.43 bits per heavy atom. The van der Waals surface area contributed by atoms with Gasteiger partial charge >= 0.3 is 11.9 Å². The highest BCUT2D eigenvalue weighted by molar-refractivity contribution is 6.37. The number of allylic oxidation sites excluding steroid dienone is 1. The Labute approximate surface area is 165 Å². The SMILES string of the molecule is CCOC(=O)C(=O)C(CCCCC=CC1(OC)C=CC(OC)O1)C(=O)OCC. The number of hydrogen-bond acceptors (Lipinski definition) is 8. The lowest BCUT2D eigenvalue weighted by molar-refractivity contribution is -0.217. The molecule has 0 fully saturated rings. The second-order valence-corrected chi connectivity index (χ2v) is 6.08. The maximum Gasteiger partial charge on any atom is 0.375 e. The summed E-state index contributed by atoms with van der Waals surface area (Å²) in [7, 11) is 3.08. The molecule has 1 aliphatic heterocycles. The van der Waals surface area contributed by atoms with E-state index in [1.807, 2.05) is 6.08 Å². The third kappa shape index (κ3) is 7.18. The van der Waals surface area contributed by atoms with E-state index < -0.39 is 35.7 Å². The number of rotatable bonds is 13. The van der Waals surface area contributed by atoms with Gasteiger partial charge in [-0.1, -0.05) is 12.5 Å². The summed E-state index contributed by atoms with van der Waals surface area (Å²) in [5.41, 5.74) is 0. The highest BCUT2D eigenvalue weighted by atomic mass is 16.8. The molecule has 3 atom stereocenters. The Hall–Kier alpha value is -2.03. The zero-order chi connectivity index (χ0) is 21.0. The Balaban J connectivity index is 2.51. The van der Waals surface area contributed by atoms with E-state index in [4.69, 9.17) is 23.7 Å². The number of methoxy groups -OCH3 is 2. The van der Waals surface area contributed by atoms with E-state index >= 15 is 0 Å². The van der Waals surface area contributed by atoms with Gasteiger partial charge in [-0.15, -0.1) is 0 Å². The quantitative estimate of drug-likeness (QED) is 0.153. The molecule has 0 radical (unpaired) electrons. The molecule has 0 bridgehead atoms. The molecule has 0 saturated heterocycles. The fraction of sp³-hybridized carbons (Fsp3) is 0.650. The summed E-state index contributed by atoms with van der Waals surface area (Å²) in [5, 5.41) is 0. The van der Waals surface area contributed by atoms with Crippen LogP contribution in [-0.4, -0.2) is 57.2 Å². The first kappa shape index (κ1) is 24.0. The standard InChI is InChI=1S/C20H30O8/c1-5-26-18(22)15(17(21)19(23)27-6-2)11-9-7-8-10-13-20(25-4)14-12-16(24-3)28-20/h10,12-16H,5-9,11H2,1-4H3. The van der Waals surface area contributed by atoms with Crippen LogP contribution in [0.2, 0.25) is 0 Å². The fourth-order valence-electron chi connectivity index (χ4n) is 2.68. The van der Waals surface area contributed by atoms with Gasteiger partial charge in [-0.25, -0.2) is 4.79 Å². The van der Waals surface area contributed by atoms with Crippen LogP contribution in [0.3, 0.4) is 0 Å². The van der Waals surface area contributed by atoms with E-state index in [0.29, 0.717) is 19.3 Å². The lowest BCUT2D eigenvalue weighted by Crippen LogP contribution is -2.33. The van der Waals surface area contributed by atoms with Crippen molar-refractivity contribution in [3.05, 3.63) is 24.3 Å². The number of esters is 2. The molecule has 1 heterocycles. The highest BCUT2D eigenvalue weighted by Gasteiger charge is 2.34. The molecule has 0 aromatic heterocycles. The molecule has 8 nitrogen and oxygen atoms in total. The van der Waals surface area contributed by atoms with Crippen LogP contribution in [0.25, 0.3) is 0 Å². The molecule has 0 aromatic rings. The molecule has 8 heteroatoms. The van der Waals surface area contributed by atoms with E-state index in [2.05, 4.69) is 0 Å². The van der Waals surface area contributed by atoms with Crippen molar-refractivity contribution in [3.63, 3.8) is 0 Å². The average molecular weight is 398 g/mol. The van der Waals surface area contributed by atoms with Gasteiger partial charge in [-0.2, -0.15) is 0 Å². The van der Waals surface area contributed by atoms with E-state index in [9.17, 15) is 14.4 Å². The van der Waals surface area contributed by atoms with Crippen molar-refractivity contribution < 1.29 is 38.1 Å². The summed E-state index contributed by atoms with van der Waals surface area (Å²) >= 11 is 0. The Morgan fingerprint density at radius 2 is 1.86 bits per heavy atom. The molecule has 1 rings (SSSR count). The van der Waals surface area contributed by atoms with Crippen LogP contribution in [0.15, 0.2) is 24.3 Å². The van der Waals surface area contributed by atoms with Gasteiger partial charge < -0.3 is 23.7 Å². The zero-order valence-electron chi connectivity index (χ0n) is 17.0. The number of unbranched alkanes of at least 4 members (excludes halogenated alkanes) is 2. The van der Waals surface area contributed by atoms with Gasteiger partial charge in [0, 0.05) is 14.2 Å². The number of carbonyl (C=O) groups excluding carboxylic acids is 3. The molecule has 1 aliphatic rings. The van der Waals surface area contributed by atoms with Crippen molar-refractivity contribution in [1.82, 2.24) is 0 Å². The molecule has 28 heavy (non-hydrogen) atoms. The summed E-state index contributed by atoms with van der Waals surface area (Å²) < 4.78 is 25.7. The van der Waals surface area contributed by atoms with Gasteiger partial charge in [-0.3, -0.25) is 9.59 Å². The monoisotopic (exact) mass is 398 g/mol. The number of ether oxygens (including phenoxy) is 5. The van der Waals surface area contributed by atoms with E-state index in [-0.39, 0.29) is 19.6 Å². The predicted molar refractivity (Wildman–Crippen MR) is 100 cm³/mol. The Kier molecular flexibility index (Phi) is 10.7. The summed E-state index contributed by atoms with van der Waals surface area (Å²) in [4.78, 5) is 35.8. The van der Waals surface area contributed by atoms with Crippen LogP contribution in [0.1, 0.15) is 39.5 Å². The normalized spacial score (nSPS) is 22.4. The van der Waals surface area contributed by atoms with Crippen molar-refractivity contribution in [2.75, 3.05) is 27.4 Å². The minimum absolute atomic E-state index is 0.0760. The molecule has 0 aliphatic carbocycles. The zero-order valence-corrected chi connectivity index (χ0v) is 17.0. The van der Waals surface area contributed by atoms with Crippen LogP contribution in [0.4, 0.5) is 0 Å². The molecule has 0 aromatic carbocycles. The topological polar surface area (TPSA) is 97.4 Å². The largest absolute Gasteiger partial charge is 0.465 e. The van der Waals surface area contributed by atoms with E-state index in [1.54, 1.807) is 39.2 Å². The van der Waals surface area contributed by atoms with Gasteiger partial charge in [0.15, 0.2) is 6.29 Å². The number of ketones is 1. The number of Topliss-reactive ketones (excluding diaryl/α,β-unsaturated/α-hetero) is 1. The average Bonchev–Trinajstić information content (AvgIpc) is 3.11. The van der Waals surface area contributed by atoms with Crippen LogP contribution < -0.4 is 0 Å². The van der Waals surface area contributed by atoms with Crippen LogP contribution >= 0.6 is 0 Å². The number of carbonyl (C=O) groups is 3. The molecule has 158 valence electrons. The number of hydrogen-bond donors (Lipinski definition) is 0. The Morgan fingerprint density at radius 1 is 1.14 bits per heavy atom. The maximum atomic E-state index is 12.1. The molecule has 3 unspecified atom stereocenters. The van der Waals surface area contributed by atoms with Crippen molar-refractivity contribution >= 4 is 17.7 Å². The van der Waals surface area contributed by atoms with Gasteiger partial charge in [-0.05, 0) is 51.3 Å². The first-order chi connectivity index (χ1) is 13.4. The van der Waals surface area contributed by atoms with Crippen molar-refractivity contribution in [2.45, 2.75) is 51.6 Å². The summed E-state index contributed by atoms with van der Waals surface area (Å²) in [6, 6.07) is 0. The van der Waals surface area contributed by atoms with E-state index in [1.165, 1.54) is 7.11 Å². The van der Waals surface area contributed by atoms with Gasteiger partial charge in [0.2, 0.25) is 5.79 Å². The summed E-state index contributed by atoms with van der Waals surface area (Å²) in [6.45, 7) is 3.46. The smallest absolute Gasteiger partial charge is 0.375 e. The minimum Gasteiger partial charge on any atom is -0.465 e. The van der Waals surface area contributed by atoms with Crippen molar-refractivity contribution in [3.8, 4) is 0 Å². The lowest BCUT2D eigenvalue weighted by Gasteiger charge is -2.23. The van der Waals surface area contributed by atoms with Gasteiger partial charge in [0.05, 0.1) is 13.2 Å². The first-order valence-corrected chi connectivity index (χ1v) is 9.43. The second-order valence-electron chi connectivity index (χ2n) is 6.08. The predicted octanol–water partition coefficient (Wildman–Crippen LogP) is 2.32. The summed E-state index contributed by atoms with van der Waals surface area (Å²) in [6.07, 6.45) is 8.95. The molecule has 0 spiro atoms. The lowest BCUT2D eigenvalue weighted by atomic mass is 9.96. The second kappa shape index (κ2) is 12.4. The van der Waals surface area contributed by atoms with E-state index in [0.717, 1.165) is 0 Å². The van der Waals surface area contributed by atoms with Gasteiger partial charge in [0.1, 0.15) is 5.92 Å². The molecular weight excluding hydrogens is 368 g/mol. The van der Waals surface area contributed by atoms with Crippen molar-refractivity contribution in [2.24, 2.45) is 5.92 Å². The van der Waals surface area contributed by atoms with Gasteiger partial charge in [0.25, 0.3) is 5.78 Å². The fourth-order valence-corrected chi connectivity index (χ4v) is 2.68. The van der Waals surface area contributed by atoms with Crippen LogP contribution in [0, 0.1) is 5.92 Å². The Bertz CT molecular complexity index is 583. The third-order valence-corrected chi connectivity index (χ3v) is 4.17. The molecular formula is C20H30O8. The van der Waals surface area contributed by atoms with Crippen LogP contribution in [0.5, 0.6) is 0 Å². The molecule has 0 saturated carbocycles. The minimum atomic E-state index is -1.13. The molecule has 0 amide bonds. The maximum absolute atomic E-state index is 12.1. The van der Waals surface area contributed by atoms with Crippen molar-refractivity contribution in [1.29, 1.82) is 0 Å². The highest BCUT2D eigenvalue weighted by Crippen LogP contribution is 2.26. The molecule has 0 N–H and O–H groups in total. The first-order valence-electron chi connectivity index (χ1n) is 9.43. The van der Waals surface area contributed by atoms with Crippen LogP contribution in [-0.2, 0) is 38.1 Å².